The third kappa shape index (κ3) is 2.92. The molecule has 0 N–H and O–H groups in total. The molecule has 1 aliphatic heterocycles. The summed E-state index contributed by atoms with van der Waals surface area (Å²) in [5.74, 6) is 1.14. The molecular formula is C22H23N3O. The summed E-state index contributed by atoms with van der Waals surface area (Å²) in [6.07, 6.45) is 3.38. The quantitative estimate of drug-likeness (QED) is 0.727. The Balaban J connectivity index is 1.95. The van der Waals surface area contributed by atoms with Gasteiger partial charge in [0.25, 0.3) is 0 Å². The minimum atomic E-state index is 0.0895. The second-order valence-corrected chi connectivity index (χ2v) is 6.97. The van der Waals surface area contributed by atoms with Gasteiger partial charge in [-0.1, -0.05) is 48.5 Å². The van der Waals surface area contributed by atoms with E-state index in [0.717, 1.165) is 47.7 Å². The molecule has 1 amide bonds. The number of aromatic nitrogens is 2. The highest BCUT2D eigenvalue weighted by Crippen LogP contribution is 2.32. The van der Waals surface area contributed by atoms with Gasteiger partial charge >= 0.3 is 0 Å². The van der Waals surface area contributed by atoms with Crippen molar-refractivity contribution in [2.75, 3.05) is 14.1 Å². The molecular weight excluding hydrogens is 322 g/mol. The van der Waals surface area contributed by atoms with Gasteiger partial charge in [-0.25, -0.2) is 4.98 Å². The van der Waals surface area contributed by atoms with Gasteiger partial charge in [0.15, 0.2) is 0 Å². The molecule has 132 valence electrons. The number of likely N-dealkylation sites (N-methyl/N-ethyl adjacent to an activating group) is 1. The topological polar surface area (TPSA) is 38.1 Å². The number of para-hydroxylation sites is 1. The summed E-state index contributed by atoms with van der Waals surface area (Å²) in [6, 6.07) is 18.7. The van der Waals surface area contributed by atoms with E-state index in [-0.39, 0.29) is 5.91 Å². The molecule has 0 spiro atoms. The number of hydrogen-bond acceptors (Lipinski definition) is 2. The molecule has 0 saturated heterocycles. The van der Waals surface area contributed by atoms with Crippen molar-refractivity contribution in [1.82, 2.24) is 14.5 Å². The first-order valence-corrected chi connectivity index (χ1v) is 9.09. The van der Waals surface area contributed by atoms with Crippen LogP contribution >= 0.6 is 0 Å². The van der Waals surface area contributed by atoms with Gasteiger partial charge < -0.3 is 4.90 Å². The van der Waals surface area contributed by atoms with Crippen molar-refractivity contribution < 1.29 is 4.79 Å². The maximum Gasteiger partial charge on any atom is 0.228 e. The summed E-state index contributed by atoms with van der Waals surface area (Å²) in [4.78, 5) is 19.2. The predicted molar refractivity (Wildman–Crippen MR) is 103 cm³/mol. The van der Waals surface area contributed by atoms with E-state index in [1.54, 1.807) is 19.0 Å². The molecule has 4 heteroatoms. The first-order chi connectivity index (χ1) is 12.6. The number of hydrogen-bond donors (Lipinski definition) is 0. The molecule has 2 aromatic carbocycles. The van der Waals surface area contributed by atoms with Gasteiger partial charge in [-0.05, 0) is 24.5 Å². The van der Waals surface area contributed by atoms with Gasteiger partial charge in [-0.3, -0.25) is 9.36 Å². The summed E-state index contributed by atoms with van der Waals surface area (Å²) < 4.78 is 2.23. The van der Waals surface area contributed by atoms with Crippen molar-refractivity contribution >= 4 is 5.91 Å². The van der Waals surface area contributed by atoms with Crippen molar-refractivity contribution in [2.45, 2.75) is 25.7 Å². The molecule has 0 aliphatic carbocycles. The highest BCUT2D eigenvalue weighted by Gasteiger charge is 2.25. The van der Waals surface area contributed by atoms with E-state index in [4.69, 9.17) is 4.98 Å². The third-order valence-corrected chi connectivity index (χ3v) is 4.99. The zero-order valence-corrected chi connectivity index (χ0v) is 15.3. The molecule has 1 aliphatic rings. The summed E-state index contributed by atoms with van der Waals surface area (Å²) in [7, 11) is 3.61. The van der Waals surface area contributed by atoms with Gasteiger partial charge in [0.2, 0.25) is 5.91 Å². The number of aryl methyl sites for hydroxylation is 2. The Labute approximate surface area is 154 Å². The minimum absolute atomic E-state index is 0.0895. The van der Waals surface area contributed by atoms with E-state index in [9.17, 15) is 4.79 Å². The predicted octanol–water partition coefficient (Wildman–Crippen LogP) is 3.66. The van der Waals surface area contributed by atoms with E-state index in [1.165, 1.54) is 5.56 Å². The molecule has 0 saturated carbocycles. The average molecular weight is 345 g/mol. The lowest BCUT2D eigenvalue weighted by molar-refractivity contribution is -0.128. The van der Waals surface area contributed by atoms with E-state index in [2.05, 4.69) is 41.0 Å². The molecule has 4 rings (SSSR count). The number of fused-ring (bicyclic) bond motifs is 3. The fourth-order valence-electron chi connectivity index (χ4n) is 3.63. The van der Waals surface area contributed by atoms with E-state index < -0.39 is 0 Å². The van der Waals surface area contributed by atoms with Crippen LogP contribution in [0.3, 0.4) is 0 Å². The van der Waals surface area contributed by atoms with Crippen molar-refractivity contribution in [1.29, 1.82) is 0 Å². The molecule has 0 fully saturated rings. The molecule has 3 aromatic rings. The van der Waals surface area contributed by atoms with Crippen LogP contribution in [0.15, 0.2) is 54.6 Å². The fraction of sp³-hybridized carbons (Fsp3) is 0.273. The maximum absolute atomic E-state index is 12.6. The van der Waals surface area contributed by atoms with Crippen LogP contribution in [-0.4, -0.2) is 34.5 Å². The SMILES string of the molecule is CN(C)C(=O)Cc1c(-c2ccccc2)nc2n1-c1ccccc1CCC2. The van der Waals surface area contributed by atoms with Crippen LogP contribution in [0.4, 0.5) is 0 Å². The third-order valence-electron chi connectivity index (χ3n) is 4.99. The lowest BCUT2D eigenvalue weighted by Crippen LogP contribution is -2.25. The van der Waals surface area contributed by atoms with Crippen molar-refractivity contribution in [3.63, 3.8) is 0 Å². The summed E-state index contributed by atoms with van der Waals surface area (Å²) >= 11 is 0. The first kappa shape index (κ1) is 16.6. The standard InChI is InChI=1S/C22H23N3O/c1-24(2)21(26)15-19-22(17-10-4-3-5-11-17)23-20-14-8-12-16-9-6-7-13-18(16)25(19)20/h3-7,9-11,13H,8,12,14-15H2,1-2H3. The Kier molecular flexibility index (Phi) is 4.33. The van der Waals surface area contributed by atoms with Crippen LogP contribution in [0.5, 0.6) is 0 Å². The van der Waals surface area contributed by atoms with E-state index in [1.807, 2.05) is 18.2 Å². The summed E-state index contributed by atoms with van der Waals surface area (Å²) in [5.41, 5.74) is 5.46. The van der Waals surface area contributed by atoms with Gasteiger partial charge in [-0.15, -0.1) is 0 Å². The smallest absolute Gasteiger partial charge is 0.228 e. The molecule has 0 radical (unpaired) electrons. The second-order valence-electron chi connectivity index (χ2n) is 6.97. The Bertz CT molecular complexity index is 941. The van der Waals surface area contributed by atoms with Crippen LogP contribution in [0.25, 0.3) is 16.9 Å². The fourth-order valence-corrected chi connectivity index (χ4v) is 3.63. The van der Waals surface area contributed by atoms with Crippen LogP contribution in [0.1, 0.15) is 23.5 Å². The van der Waals surface area contributed by atoms with Gasteiger partial charge in [0.1, 0.15) is 5.82 Å². The highest BCUT2D eigenvalue weighted by molar-refractivity contribution is 5.81. The van der Waals surface area contributed by atoms with Crippen LogP contribution in [0.2, 0.25) is 0 Å². The Morgan fingerprint density at radius 1 is 1.04 bits per heavy atom. The van der Waals surface area contributed by atoms with Gasteiger partial charge in [-0.2, -0.15) is 0 Å². The number of rotatable bonds is 3. The number of amides is 1. The Morgan fingerprint density at radius 2 is 1.77 bits per heavy atom. The minimum Gasteiger partial charge on any atom is -0.348 e. The van der Waals surface area contributed by atoms with Crippen molar-refractivity contribution in [2.24, 2.45) is 0 Å². The van der Waals surface area contributed by atoms with Crippen LogP contribution in [0, 0.1) is 0 Å². The molecule has 26 heavy (non-hydrogen) atoms. The molecule has 4 nitrogen and oxygen atoms in total. The molecule has 0 bridgehead atoms. The Morgan fingerprint density at radius 3 is 2.54 bits per heavy atom. The molecule has 2 heterocycles. The van der Waals surface area contributed by atoms with Crippen LogP contribution < -0.4 is 0 Å². The number of carbonyl (C=O) groups excluding carboxylic acids is 1. The monoisotopic (exact) mass is 345 g/mol. The van der Waals surface area contributed by atoms with Crippen LogP contribution in [-0.2, 0) is 24.1 Å². The highest BCUT2D eigenvalue weighted by atomic mass is 16.2. The molecule has 1 aromatic heterocycles. The Hall–Kier alpha value is -2.88. The number of imidazole rings is 1. The number of benzene rings is 2. The summed E-state index contributed by atoms with van der Waals surface area (Å²) in [6.45, 7) is 0. The largest absolute Gasteiger partial charge is 0.348 e. The summed E-state index contributed by atoms with van der Waals surface area (Å²) in [5, 5.41) is 0. The zero-order chi connectivity index (χ0) is 18.1. The number of carbonyl (C=O) groups is 1. The average Bonchev–Trinajstić information content (AvgIpc) is 2.90. The molecule has 0 unspecified atom stereocenters. The normalized spacial score (nSPS) is 12.8. The number of nitrogens with zero attached hydrogens (tertiary/aromatic N) is 3. The van der Waals surface area contributed by atoms with E-state index in [0.29, 0.717) is 6.42 Å². The second kappa shape index (κ2) is 6.79. The lowest BCUT2D eigenvalue weighted by Gasteiger charge is -2.16. The maximum atomic E-state index is 12.6. The van der Waals surface area contributed by atoms with E-state index >= 15 is 0 Å². The zero-order valence-electron chi connectivity index (χ0n) is 15.3. The lowest BCUT2D eigenvalue weighted by atomic mass is 10.1. The van der Waals surface area contributed by atoms with Crippen molar-refractivity contribution in [3.8, 4) is 16.9 Å². The molecule has 0 atom stereocenters. The first-order valence-electron chi connectivity index (χ1n) is 9.09. The van der Waals surface area contributed by atoms with Crippen molar-refractivity contribution in [3.05, 3.63) is 71.7 Å². The van der Waals surface area contributed by atoms with Gasteiger partial charge in [0.05, 0.1) is 23.5 Å². The van der Waals surface area contributed by atoms with Gasteiger partial charge in [0, 0.05) is 26.1 Å².